The Morgan fingerprint density at radius 3 is 2.50 bits per heavy atom. The van der Waals surface area contributed by atoms with E-state index in [1.54, 1.807) is 0 Å². The molecular formula is C5H11ClO2. The van der Waals surface area contributed by atoms with Crippen LogP contribution < -0.4 is 0 Å². The number of hydrogen-bond acceptors (Lipinski definition) is 2. The fourth-order valence-corrected chi connectivity index (χ4v) is 0.568. The van der Waals surface area contributed by atoms with E-state index < -0.39 is 0 Å². The highest BCUT2D eigenvalue weighted by Gasteiger charge is 2.01. The molecule has 0 radical (unpaired) electrons. The fraction of sp³-hybridized carbons (Fsp3) is 1.00. The predicted molar refractivity (Wildman–Crippen MR) is 33.2 cm³/mol. The van der Waals surface area contributed by atoms with Gasteiger partial charge in [-0.25, -0.2) is 0 Å². The molecule has 0 aromatic heterocycles. The van der Waals surface area contributed by atoms with Crippen LogP contribution in [-0.4, -0.2) is 30.3 Å². The van der Waals surface area contributed by atoms with Gasteiger partial charge < -0.3 is 9.84 Å². The molecule has 0 spiro atoms. The summed E-state index contributed by atoms with van der Waals surface area (Å²) in [7, 11) is 0. The molecule has 1 unspecified atom stereocenters. The van der Waals surface area contributed by atoms with Crippen molar-refractivity contribution in [1.29, 1.82) is 0 Å². The molecule has 8 heavy (non-hydrogen) atoms. The van der Waals surface area contributed by atoms with Crippen LogP contribution in [-0.2, 0) is 4.74 Å². The Hall–Kier alpha value is 0.210. The number of ether oxygens (including phenoxy) is 1. The zero-order valence-electron chi connectivity index (χ0n) is 4.93. The second kappa shape index (κ2) is 5.35. The minimum atomic E-state index is -0.179. The Morgan fingerprint density at radius 2 is 2.38 bits per heavy atom. The summed E-state index contributed by atoms with van der Waals surface area (Å²) in [5, 5.41) is 8.45. The van der Waals surface area contributed by atoms with Crippen molar-refractivity contribution < 1.29 is 9.84 Å². The summed E-state index contributed by atoms with van der Waals surface area (Å²) in [5.41, 5.74) is 0. The van der Waals surface area contributed by atoms with Gasteiger partial charge in [-0.2, -0.15) is 0 Å². The molecule has 0 bridgehead atoms. The number of aliphatic hydroxyl groups excluding tert-OH is 1. The highest BCUT2D eigenvalue weighted by atomic mass is 35.5. The Kier molecular flexibility index (Phi) is 5.49. The highest BCUT2D eigenvalue weighted by molar-refractivity contribution is 6.18. The molecule has 3 heteroatoms. The van der Waals surface area contributed by atoms with E-state index in [0.29, 0.717) is 12.5 Å². The zero-order chi connectivity index (χ0) is 6.41. The number of aliphatic hydroxyl groups is 1. The summed E-state index contributed by atoms with van der Waals surface area (Å²) in [4.78, 5) is 0. The van der Waals surface area contributed by atoms with Gasteiger partial charge in [0.05, 0.1) is 18.6 Å². The lowest BCUT2D eigenvalue weighted by molar-refractivity contribution is 0.0347. The van der Waals surface area contributed by atoms with E-state index in [0.717, 1.165) is 0 Å². The summed E-state index contributed by atoms with van der Waals surface area (Å²) in [6.45, 7) is 2.49. The average Bonchev–Trinajstić information content (AvgIpc) is 1.83. The second-order valence-electron chi connectivity index (χ2n) is 1.41. The van der Waals surface area contributed by atoms with Gasteiger partial charge in [-0.15, -0.1) is 11.6 Å². The zero-order valence-corrected chi connectivity index (χ0v) is 5.69. The van der Waals surface area contributed by atoms with E-state index >= 15 is 0 Å². The molecule has 0 rings (SSSR count). The smallest absolute Gasteiger partial charge is 0.0940 e. The van der Waals surface area contributed by atoms with Crippen LogP contribution in [0.15, 0.2) is 0 Å². The summed E-state index contributed by atoms with van der Waals surface area (Å²) in [6, 6.07) is 0. The lowest BCUT2D eigenvalue weighted by Gasteiger charge is -2.08. The van der Waals surface area contributed by atoms with Crippen molar-refractivity contribution in [3.8, 4) is 0 Å². The van der Waals surface area contributed by atoms with E-state index in [2.05, 4.69) is 0 Å². The average molecular weight is 139 g/mol. The minimum Gasteiger partial charge on any atom is -0.394 e. The van der Waals surface area contributed by atoms with Gasteiger partial charge in [-0.1, -0.05) is 0 Å². The molecule has 0 aliphatic carbocycles. The molecule has 0 aliphatic heterocycles. The highest BCUT2D eigenvalue weighted by Crippen LogP contribution is 1.92. The van der Waals surface area contributed by atoms with Gasteiger partial charge in [0.15, 0.2) is 0 Å². The second-order valence-corrected chi connectivity index (χ2v) is 1.72. The molecule has 0 saturated heterocycles. The maximum absolute atomic E-state index is 8.45. The van der Waals surface area contributed by atoms with E-state index in [9.17, 15) is 0 Å². The van der Waals surface area contributed by atoms with E-state index in [-0.39, 0.29) is 12.7 Å². The van der Waals surface area contributed by atoms with Crippen LogP contribution in [0, 0.1) is 0 Å². The molecule has 0 heterocycles. The number of alkyl halides is 1. The van der Waals surface area contributed by atoms with Crippen LogP contribution in [0.3, 0.4) is 0 Å². The van der Waals surface area contributed by atoms with Crippen molar-refractivity contribution in [2.45, 2.75) is 13.0 Å². The maximum Gasteiger partial charge on any atom is 0.0940 e. The fourth-order valence-electron chi connectivity index (χ4n) is 0.382. The predicted octanol–water partition coefficient (Wildman–Crippen LogP) is 0.623. The van der Waals surface area contributed by atoms with Crippen LogP contribution in [0.4, 0.5) is 0 Å². The SMILES string of the molecule is CCOC(CO)CCl. The number of hydrogen-bond donors (Lipinski definition) is 1. The Morgan fingerprint density at radius 1 is 1.75 bits per heavy atom. The third-order valence-electron chi connectivity index (χ3n) is 0.778. The molecule has 0 fully saturated rings. The quantitative estimate of drug-likeness (QED) is 0.578. The molecule has 0 aromatic carbocycles. The van der Waals surface area contributed by atoms with Crippen molar-refractivity contribution in [3.05, 3.63) is 0 Å². The molecule has 50 valence electrons. The summed E-state index contributed by atoms with van der Waals surface area (Å²) >= 11 is 5.36. The van der Waals surface area contributed by atoms with Crippen LogP contribution >= 0.6 is 11.6 Å². The van der Waals surface area contributed by atoms with Crippen LogP contribution in [0.5, 0.6) is 0 Å². The van der Waals surface area contributed by atoms with Crippen molar-refractivity contribution in [1.82, 2.24) is 0 Å². The molecule has 0 aromatic rings. The van der Waals surface area contributed by atoms with Gasteiger partial charge in [0.1, 0.15) is 0 Å². The summed E-state index contributed by atoms with van der Waals surface area (Å²) in [6.07, 6.45) is -0.179. The first-order valence-corrected chi connectivity index (χ1v) is 3.17. The monoisotopic (exact) mass is 138 g/mol. The van der Waals surface area contributed by atoms with Gasteiger partial charge in [0, 0.05) is 6.61 Å². The van der Waals surface area contributed by atoms with E-state index in [4.69, 9.17) is 21.4 Å². The first-order chi connectivity index (χ1) is 3.85. The van der Waals surface area contributed by atoms with Crippen molar-refractivity contribution in [2.75, 3.05) is 19.1 Å². The lowest BCUT2D eigenvalue weighted by Crippen LogP contribution is -2.18. The summed E-state index contributed by atoms with van der Waals surface area (Å²) in [5.74, 6) is 0.365. The molecule has 1 atom stereocenters. The molecule has 2 nitrogen and oxygen atoms in total. The normalized spacial score (nSPS) is 13.9. The molecular weight excluding hydrogens is 128 g/mol. The topological polar surface area (TPSA) is 29.5 Å². The lowest BCUT2D eigenvalue weighted by atomic mass is 10.4. The van der Waals surface area contributed by atoms with Crippen molar-refractivity contribution in [3.63, 3.8) is 0 Å². The van der Waals surface area contributed by atoms with Gasteiger partial charge >= 0.3 is 0 Å². The van der Waals surface area contributed by atoms with Crippen LogP contribution in [0.2, 0.25) is 0 Å². The number of rotatable bonds is 4. The van der Waals surface area contributed by atoms with E-state index in [1.165, 1.54) is 0 Å². The minimum absolute atomic E-state index is 0.0112. The Bertz CT molecular complexity index is 45.7. The maximum atomic E-state index is 8.45. The Balaban J connectivity index is 3.07. The van der Waals surface area contributed by atoms with Gasteiger partial charge in [-0.3, -0.25) is 0 Å². The third-order valence-corrected chi connectivity index (χ3v) is 1.12. The molecule has 1 N–H and O–H groups in total. The largest absolute Gasteiger partial charge is 0.394 e. The van der Waals surface area contributed by atoms with E-state index in [1.807, 2.05) is 6.92 Å². The molecule has 0 saturated carbocycles. The molecule has 0 aliphatic rings. The number of halogens is 1. The van der Waals surface area contributed by atoms with Gasteiger partial charge in [0.2, 0.25) is 0 Å². The van der Waals surface area contributed by atoms with Crippen LogP contribution in [0.25, 0.3) is 0 Å². The van der Waals surface area contributed by atoms with Crippen LogP contribution in [0.1, 0.15) is 6.92 Å². The van der Waals surface area contributed by atoms with Gasteiger partial charge in [-0.05, 0) is 6.92 Å². The van der Waals surface area contributed by atoms with Gasteiger partial charge in [0.25, 0.3) is 0 Å². The van der Waals surface area contributed by atoms with Crippen molar-refractivity contribution >= 4 is 11.6 Å². The first-order valence-electron chi connectivity index (χ1n) is 2.63. The molecule has 0 amide bonds. The summed E-state index contributed by atoms with van der Waals surface area (Å²) < 4.78 is 4.96. The standard InChI is InChI=1S/C5H11ClO2/c1-2-8-5(3-6)4-7/h5,7H,2-4H2,1H3. The Labute approximate surface area is 54.4 Å². The first kappa shape index (κ1) is 8.21. The third kappa shape index (κ3) is 3.24. The van der Waals surface area contributed by atoms with Crippen molar-refractivity contribution in [2.24, 2.45) is 0 Å².